The molecule has 0 aromatic heterocycles. The summed E-state index contributed by atoms with van der Waals surface area (Å²) in [5.41, 5.74) is 0. The van der Waals surface area contributed by atoms with Gasteiger partial charge in [0.1, 0.15) is 0 Å². The Balaban J connectivity index is 2.09. The van der Waals surface area contributed by atoms with Gasteiger partial charge in [-0.1, -0.05) is 0 Å². The van der Waals surface area contributed by atoms with Crippen LogP contribution >= 0.6 is 0 Å². The molecule has 4 nitrogen and oxygen atoms in total. The van der Waals surface area contributed by atoms with Crippen LogP contribution in [0.5, 0.6) is 0 Å². The van der Waals surface area contributed by atoms with Gasteiger partial charge < -0.3 is 9.84 Å². The van der Waals surface area contributed by atoms with Crippen molar-refractivity contribution in [1.29, 1.82) is 0 Å². The number of carboxylic acids is 1. The Kier molecular flexibility index (Phi) is 5.62. The van der Waals surface area contributed by atoms with Crippen LogP contribution in [0.15, 0.2) is 0 Å². The molecule has 1 fully saturated rings. The highest BCUT2D eigenvalue weighted by atomic mass is 19.3. The molecule has 0 bridgehead atoms. The Labute approximate surface area is 93.2 Å². The lowest BCUT2D eigenvalue weighted by atomic mass is 10.1. The second-order valence-corrected chi connectivity index (χ2v) is 3.91. The summed E-state index contributed by atoms with van der Waals surface area (Å²) in [6, 6.07) is 0. The second kappa shape index (κ2) is 6.75. The number of aliphatic carboxylic acids is 1. The first-order valence-electron chi connectivity index (χ1n) is 5.42. The van der Waals surface area contributed by atoms with Gasteiger partial charge in [-0.3, -0.25) is 9.69 Å². The van der Waals surface area contributed by atoms with Gasteiger partial charge in [0.15, 0.2) is 0 Å². The standard InChI is InChI=1S/C10H17F2NO3/c11-9(12)7-13-4-1-8(2-5-13)16-6-3-10(14)15/h8-9H,1-7H2,(H,14,15). The van der Waals surface area contributed by atoms with Crippen LogP contribution < -0.4 is 0 Å². The second-order valence-electron chi connectivity index (χ2n) is 3.91. The fourth-order valence-electron chi connectivity index (χ4n) is 1.77. The van der Waals surface area contributed by atoms with Crippen LogP contribution in [-0.4, -0.2) is 54.7 Å². The Morgan fingerprint density at radius 2 is 2.06 bits per heavy atom. The van der Waals surface area contributed by atoms with E-state index in [2.05, 4.69) is 0 Å². The van der Waals surface area contributed by atoms with Crippen molar-refractivity contribution in [2.24, 2.45) is 0 Å². The number of hydrogen-bond acceptors (Lipinski definition) is 3. The van der Waals surface area contributed by atoms with E-state index in [4.69, 9.17) is 9.84 Å². The lowest BCUT2D eigenvalue weighted by molar-refractivity contribution is -0.138. The molecule has 16 heavy (non-hydrogen) atoms. The van der Waals surface area contributed by atoms with Crippen molar-refractivity contribution >= 4 is 5.97 Å². The molecule has 0 spiro atoms. The molecule has 1 N–H and O–H groups in total. The van der Waals surface area contributed by atoms with E-state index >= 15 is 0 Å². The largest absolute Gasteiger partial charge is 0.481 e. The third kappa shape index (κ3) is 5.37. The summed E-state index contributed by atoms with van der Waals surface area (Å²) in [5.74, 6) is -0.880. The number of halogens is 2. The van der Waals surface area contributed by atoms with E-state index in [1.807, 2.05) is 0 Å². The Morgan fingerprint density at radius 3 is 2.56 bits per heavy atom. The van der Waals surface area contributed by atoms with Crippen LogP contribution in [-0.2, 0) is 9.53 Å². The smallest absolute Gasteiger partial charge is 0.305 e. The molecule has 0 aromatic carbocycles. The van der Waals surface area contributed by atoms with Crippen molar-refractivity contribution in [3.05, 3.63) is 0 Å². The van der Waals surface area contributed by atoms with Crippen LogP contribution in [0.3, 0.4) is 0 Å². The number of nitrogens with zero attached hydrogens (tertiary/aromatic N) is 1. The van der Waals surface area contributed by atoms with E-state index in [0.29, 0.717) is 25.9 Å². The minimum atomic E-state index is -2.29. The molecular weight excluding hydrogens is 220 g/mol. The SMILES string of the molecule is O=C(O)CCOC1CCN(CC(F)F)CC1. The highest BCUT2D eigenvalue weighted by molar-refractivity contribution is 5.66. The van der Waals surface area contributed by atoms with Gasteiger partial charge in [0.05, 0.1) is 25.7 Å². The number of carboxylic acid groups (broad SMARTS) is 1. The summed E-state index contributed by atoms with van der Waals surface area (Å²) in [7, 11) is 0. The lowest BCUT2D eigenvalue weighted by Gasteiger charge is -2.31. The molecule has 1 aliphatic rings. The maximum atomic E-state index is 12.1. The van der Waals surface area contributed by atoms with Crippen LogP contribution in [0.1, 0.15) is 19.3 Å². The molecule has 0 saturated carbocycles. The van der Waals surface area contributed by atoms with E-state index in [9.17, 15) is 13.6 Å². The Hall–Kier alpha value is -0.750. The van der Waals surface area contributed by atoms with Crippen molar-refractivity contribution in [3.63, 3.8) is 0 Å². The molecule has 0 unspecified atom stereocenters. The molecule has 1 heterocycles. The average molecular weight is 237 g/mol. The van der Waals surface area contributed by atoms with Crippen LogP contribution in [0.2, 0.25) is 0 Å². The van der Waals surface area contributed by atoms with Crippen molar-refractivity contribution in [2.45, 2.75) is 31.8 Å². The van der Waals surface area contributed by atoms with Gasteiger partial charge in [0, 0.05) is 13.1 Å². The quantitative estimate of drug-likeness (QED) is 0.754. The predicted octanol–water partition coefficient (Wildman–Crippen LogP) is 1.21. The fourth-order valence-corrected chi connectivity index (χ4v) is 1.77. The maximum absolute atomic E-state index is 12.1. The van der Waals surface area contributed by atoms with Gasteiger partial charge in [-0.25, -0.2) is 8.78 Å². The summed E-state index contributed by atoms with van der Waals surface area (Å²) in [4.78, 5) is 12.0. The summed E-state index contributed by atoms with van der Waals surface area (Å²) in [6.45, 7) is 1.22. The molecule has 0 radical (unpaired) electrons. The fraction of sp³-hybridized carbons (Fsp3) is 0.900. The third-order valence-electron chi connectivity index (χ3n) is 2.60. The Morgan fingerprint density at radius 1 is 1.44 bits per heavy atom. The normalized spacial score (nSPS) is 19.2. The minimum absolute atomic E-state index is 0.00273. The summed E-state index contributed by atoms with van der Waals surface area (Å²) in [5, 5.41) is 8.41. The molecule has 0 aromatic rings. The number of alkyl halides is 2. The number of piperidine rings is 1. The predicted molar refractivity (Wildman–Crippen MR) is 53.7 cm³/mol. The zero-order valence-electron chi connectivity index (χ0n) is 9.07. The van der Waals surface area contributed by atoms with Crippen molar-refractivity contribution in [3.8, 4) is 0 Å². The highest BCUT2D eigenvalue weighted by Crippen LogP contribution is 2.14. The monoisotopic (exact) mass is 237 g/mol. The Bertz CT molecular complexity index is 218. The maximum Gasteiger partial charge on any atom is 0.305 e. The van der Waals surface area contributed by atoms with Gasteiger partial charge in [-0.05, 0) is 12.8 Å². The summed E-state index contributed by atoms with van der Waals surface area (Å²) < 4.78 is 29.5. The van der Waals surface area contributed by atoms with E-state index in [1.165, 1.54) is 0 Å². The van der Waals surface area contributed by atoms with Crippen LogP contribution in [0.4, 0.5) is 8.78 Å². The number of carbonyl (C=O) groups is 1. The zero-order valence-corrected chi connectivity index (χ0v) is 9.07. The van der Waals surface area contributed by atoms with Crippen molar-refractivity contribution < 1.29 is 23.4 Å². The van der Waals surface area contributed by atoms with Crippen LogP contribution in [0, 0.1) is 0 Å². The molecule has 94 valence electrons. The number of likely N-dealkylation sites (tertiary alicyclic amines) is 1. The first-order chi connectivity index (χ1) is 7.58. The third-order valence-corrected chi connectivity index (χ3v) is 2.60. The van der Waals surface area contributed by atoms with E-state index in [1.54, 1.807) is 4.90 Å². The average Bonchev–Trinajstić information content (AvgIpc) is 2.19. The molecule has 0 aliphatic carbocycles. The molecule has 0 amide bonds. The molecule has 1 rings (SSSR count). The lowest BCUT2D eigenvalue weighted by Crippen LogP contribution is -2.39. The number of ether oxygens (including phenoxy) is 1. The van der Waals surface area contributed by atoms with E-state index < -0.39 is 12.4 Å². The number of hydrogen-bond donors (Lipinski definition) is 1. The highest BCUT2D eigenvalue weighted by Gasteiger charge is 2.21. The van der Waals surface area contributed by atoms with Gasteiger partial charge in [0.2, 0.25) is 0 Å². The molecule has 1 saturated heterocycles. The van der Waals surface area contributed by atoms with Gasteiger partial charge >= 0.3 is 5.97 Å². The number of rotatable bonds is 6. The van der Waals surface area contributed by atoms with Gasteiger partial charge in [-0.2, -0.15) is 0 Å². The van der Waals surface area contributed by atoms with Gasteiger partial charge in [-0.15, -0.1) is 0 Å². The van der Waals surface area contributed by atoms with Crippen LogP contribution in [0.25, 0.3) is 0 Å². The molecular formula is C10H17F2NO3. The van der Waals surface area contributed by atoms with E-state index in [-0.39, 0.29) is 25.7 Å². The van der Waals surface area contributed by atoms with E-state index in [0.717, 1.165) is 0 Å². The summed E-state index contributed by atoms with van der Waals surface area (Å²) >= 11 is 0. The molecule has 0 atom stereocenters. The van der Waals surface area contributed by atoms with Crippen molar-refractivity contribution in [1.82, 2.24) is 4.90 Å². The first kappa shape index (κ1) is 13.3. The zero-order chi connectivity index (χ0) is 12.0. The topological polar surface area (TPSA) is 49.8 Å². The van der Waals surface area contributed by atoms with Crippen molar-refractivity contribution in [2.75, 3.05) is 26.2 Å². The first-order valence-corrected chi connectivity index (χ1v) is 5.42. The molecule has 1 aliphatic heterocycles. The summed E-state index contributed by atoms with van der Waals surface area (Å²) in [6.07, 6.45) is -0.867. The minimum Gasteiger partial charge on any atom is -0.481 e. The molecule has 6 heteroatoms. The van der Waals surface area contributed by atoms with Gasteiger partial charge in [0.25, 0.3) is 6.43 Å².